The number of hydrogen-bond donors (Lipinski definition) is 1. The van der Waals surface area contributed by atoms with Crippen LogP contribution in [0.3, 0.4) is 0 Å². The summed E-state index contributed by atoms with van der Waals surface area (Å²) < 4.78 is 6.32. The molecule has 1 aliphatic carbocycles. The Balaban J connectivity index is 1.73. The molecular weight excluding hydrogens is 314 g/mol. The van der Waals surface area contributed by atoms with Gasteiger partial charge in [-0.05, 0) is 64.0 Å². The molecule has 0 spiro atoms. The molecule has 104 valence electrons. The van der Waals surface area contributed by atoms with Crippen molar-refractivity contribution in [2.24, 2.45) is 0 Å². The summed E-state index contributed by atoms with van der Waals surface area (Å²) in [6.45, 7) is 0.832. The molecule has 0 radical (unpaired) electrons. The Morgan fingerprint density at radius 2 is 1.95 bits per heavy atom. The van der Waals surface area contributed by atoms with Gasteiger partial charge in [-0.2, -0.15) is 0 Å². The summed E-state index contributed by atoms with van der Waals surface area (Å²) in [5.74, 6) is 0.865. The van der Waals surface area contributed by atoms with Gasteiger partial charge in [-0.1, -0.05) is 18.2 Å². The highest BCUT2D eigenvalue weighted by atomic mass is 79.9. The van der Waals surface area contributed by atoms with E-state index in [1.165, 1.54) is 36.0 Å². The third-order valence-corrected chi connectivity index (χ3v) is 4.51. The second-order valence-corrected chi connectivity index (χ2v) is 6.01. The molecule has 0 unspecified atom stereocenters. The summed E-state index contributed by atoms with van der Waals surface area (Å²) in [4.78, 5) is 0. The number of benzene rings is 2. The van der Waals surface area contributed by atoms with Crippen molar-refractivity contribution in [1.29, 1.82) is 0 Å². The molecule has 0 saturated carbocycles. The van der Waals surface area contributed by atoms with E-state index in [9.17, 15) is 0 Å². The molecule has 0 atom stereocenters. The van der Waals surface area contributed by atoms with Crippen LogP contribution in [0.1, 0.15) is 23.1 Å². The monoisotopic (exact) mass is 331 g/mol. The van der Waals surface area contributed by atoms with Crippen molar-refractivity contribution in [2.75, 3.05) is 12.4 Å². The molecule has 0 aromatic heterocycles. The molecule has 1 N–H and O–H groups in total. The van der Waals surface area contributed by atoms with E-state index in [2.05, 4.69) is 39.4 Å². The molecular formula is C17H18BrNO. The normalized spacial score (nSPS) is 13.1. The molecule has 3 heteroatoms. The Labute approximate surface area is 128 Å². The minimum Gasteiger partial charge on any atom is -0.497 e. The van der Waals surface area contributed by atoms with E-state index in [4.69, 9.17) is 4.74 Å². The smallest absolute Gasteiger partial charge is 0.121 e. The maximum Gasteiger partial charge on any atom is 0.121 e. The van der Waals surface area contributed by atoms with Crippen LogP contribution in [0.25, 0.3) is 0 Å². The molecule has 0 bridgehead atoms. The van der Waals surface area contributed by atoms with Crippen LogP contribution >= 0.6 is 15.9 Å². The lowest BCUT2D eigenvalue weighted by Gasteiger charge is -2.11. The second-order valence-electron chi connectivity index (χ2n) is 5.16. The molecule has 20 heavy (non-hydrogen) atoms. The lowest BCUT2D eigenvalue weighted by molar-refractivity contribution is 0.415. The highest BCUT2D eigenvalue weighted by Crippen LogP contribution is 2.28. The zero-order valence-corrected chi connectivity index (χ0v) is 13.2. The van der Waals surface area contributed by atoms with E-state index in [-0.39, 0.29) is 0 Å². The van der Waals surface area contributed by atoms with Gasteiger partial charge in [-0.15, -0.1) is 0 Å². The van der Waals surface area contributed by atoms with Gasteiger partial charge in [0.25, 0.3) is 0 Å². The fraction of sp³-hybridized carbons (Fsp3) is 0.294. The van der Waals surface area contributed by atoms with Gasteiger partial charge in [-0.3, -0.25) is 0 Å². The van der Waals surface area contributed by atoms with Crippen molar-refractivity contribution in [3.05, 3.63) is 57.6 Å². The first-order chi connectivity index (χ1) is 9.76. The molecule has 0 aliphatic heterocycles. The molecule has 0 heterocycles. The summed E-state index contributed by atoms with van der Waals surface area (Å²) >= 11 is 3.56. The van der Waals surface area contributed by atoms with Crippen molar-refractivity contribution in [2.45, 2.75) is 25.8 Å². The SMILES string of the molecule is COc1ccc(Br)c(NCc2ccc3c(c2)CCC3)c1. The highest BCUT2D eigenvalue weighted by molar-refractivity contribution is 9.10. The van der Waals surface area contributed by atoms with Crippen molar-refractivity contribution in [1.82, 2.24) is 0 Å². The third kappa shape index (κ3) is 2.83. The lowest BCUT2D eigenvalue weighted by Crippen LogP contribution is -2.01. The number of methoxy groups -OCH3 is 1. The van der Waals surface area contributed by atoms with Gasteiger partial charge in [0.1, 0.15) is 5.75 Å². The largest absolute Gasteiger partial charge is 0.497 e. The standard InChI is InChI=1S/C17H18BrNO/c1-20-15-7-8-16(18)17(10-15)19-11-12-5-6-13-3-2-4-14(13)9-12/h5-10,19H,2-4,11H2,1H3. The Morgan fingerprint density at radius 3 is 2.80 bits per heavy atom. The topological polar surface area (TPSA) is 21.3 Å². The first-order valence-electron chi connectivity index (χ1n) is 6.94. The summed E-state index contributed by atoms with van der Waals surface area (Å²) in [5.41, 5.74) is 5.44. The Bertz CT molecular complexity index is 624. The number of hydrogen-bond acceptors (Lipinski definition) is 2. The van der Waals surface area contributed by atoms with Crippen molar-refractivity contribution in [3.63, 3.8) is 0 Å². The fourth-order valence-electron chi connectivity index (χ4n) is 2.70. The molecule has 0 fully saturated rings. The minimum absolute atomic E-state index is 0.832. The van der Waals surface area contributed by atoms with Crippen LogP contribution in [0.15, 0.2) is 40.9 Å². The van der Waals surface area contributed by atoms with Crippen LogP contribution in [0.2, 0.25) is 0 Å². The van der Waals surface area contributed by atoms with E-state index in [0.29, 0.717) is 0 Å². The van der Waals surface area contributed by atoms with Crippen LogP contribution in [0, 0.1) is 0 Å². The van der Waals surface area contributed by atoms with Crippen molar-refractivity contribution in [3.8, 4) is 5.75 Å². The number of rotatable bonds is 4. The van der Waals surface area contributed by atoms with Crippen LogP contribution in [-0.2, 0) is 19.4 Å². The quantitative estimate of drug-likeness (QED) is 0.886. The predicted molar refractivity (Wildman–Crippen MR) is 86.5 cm³/mol. The second kappa shape index (κ2) is 5.88. The van der Waals surface area contributed by atoms with E-state index in [1.54, 1.807) is 7.11 Å². The maximum atomic E-state index is 5.26. The Kier molecular flexibility index (Phi) is 3.97. The Hall–Kier alpha value is -1.48. The first kappa shape index (κ1) is 13.5. The van der Waals surface area contributed by atoms with Crippen LogP contribution in [0.5, 0.6) is 5.75 Å². The number of ether oxygens (including phenoxy) is 1. The zero-order chi connectivity index (χ0) is 13.9. The maximum absolute atomic E-state index is 5.26. The number of nitrogens with one attached hydrogen (secondary N) is 1. The van der Waals surface area contributed by atoms with E-state index >= 15 is 0 Å². The summed E-state index contributed by atoms with van der Waals surface area (Å²) in [5, 5.41) is 3.47. The van der Waals surface area contributed by atoms with Gasteiger partial charge in [0.15, 0.2) is 0 Å². The van der Waals surface area contributed by atoms with Gasteiger partial charge in [0.2, 0.25) is 0 Å². The predicted octanol–water partition coefficient (Wildman–Crippen LogP) is 4.56. The molecule has 2 aromatic carbocycles. The van der Waals surface area contributed by atoms with Gasteiger partial charge < -0.3 is 10.1 Å². The average Bonchev–Trinajstić information content (AvgIpc) is 2.94. The molecule has 0 saturated heterocycles. The number of anilines is 1. The average molecular weight is 332 g/mol. The molecule has 0 amide bonds. The van der Waals surface area contributed by atoms with Gasteiger partial charge in [-0.25, -0.2) is 0 Å². The molecule has 3 rings (SSSR count). The van der Waals surface area contributed by atoms with Crippen LogP contribution in [-0.4, -0.2) is 7.11 Å². The van der Waals surface area contributed by atoms with Crippen molar-refractivity contribution < 1.29 is 4.74 Å². The lowest BCUT2D eigenvalue weighted by atomic mass is 10.1. The summed E-state index contributed by atoms with van der Waals surface area (Å²) in [6, 6.07) is 12.8. The Morgan fingerprint density at radius 1 is 1.10 bits per heavy atom. The van der Waals surface area contributed by atoms with Crippen LogP contribution < -0.4 is 10.1 Å². The van der Waals surface area contributed by atoms with Crippen LogP contribution in [0.4, 0.5) is 5.69 Å². The summed E-state index contributed by atoms with van der Waals surface area (Å²) in [6.07, 6.45) is 3.77. The molecule has 2 nitrogen and oxygen atoms in total. The van der Waals surface area contributed by atoms with Gasteiger partial charge in [0.05, 0.1) is 12.8 Å². The molecule has 1 aliphatic rings. The number of halogens is 1. The highest BCUT2D eigenvalue weighted by Gasteiger charge is 2.10. The van der Waals surface area contributed by atoms with E-state index in [0.717, 1.165) is 22.5 Å². The van der Waals surface area contributed by atoms with E-state index in [1.807, 2.05) is 18.2 Å². The number of fused-ring (bicyclic) bond motifs is 1. The fourth-order valence-corrected chi connectivity index (χ4v) is 3.09. The molecule has 2 aromatic rings. The van der Waals surface area contributed by atoms with E-state index < -0.39 is 0 Å². The first-order valence-corrected chi connectivity index (χ1v) is 7.73. The van der Waals surface area contributed by atoms with Gasteiger partial charge in [0, 0.05) is 17.1 Å². The van der Waals surface area contributed by atoms with Crippen molar-refractivity contribution >= 4 is 21.6 Å². The zero-order valence-electron chi connectivity index (χ0n) is 11.6. The third-order valence-electron chi connectivity index (χ3n) is 3.82. The van der Waals surface area contributed by atoms with Gasteiger partial charge >= 0.3 is 0 Å². The number of aryl methyl sites for hydroxylation is 2. The summed E-state index contributed by atoms with van der Waals surface area (Å²) in [7, 11) is 1.69. The minimum atomic E-state index is 0.832.